The molecule has 0 aliphatic heterocycles. The Kier molecular flexibility index (Phi) is 6.43. The summed E-state index contributed by atoms with van der Waals surface area (Å²) in [4.78, 5) is 0. The second-order valence-electron chi connectivity index (χ2n) is 4.38. The van der Waals surface area contributed by atoms with Gasteiger partial charge < -0.3 is 0 Å². The molecule has 1 aromatic carbocycles. The van der Waals surface area contributed by atoms with Crippen LogP contribution in [0.25, 0.3) is 5.57 Å². The topological polar surface area (TPSA) is 0 Å². The lowest BCUT2D eigenvalue weighted by atomic mass is 9.99. The fraction of sp³-hybridized carbons (Fsp3) is 0.471. The third kappa shape index (κ3) is 4.63. The standard InChI is InChI=1S/C17H24/c1-4-7-11-17(14-15(5-2)6-3)16-12-9-8-10-13-16/h8-10,12-13H,4-7,11H2,1-3H3. The lowest BCUT2D eigenvalue weighted by Crippen LogP contribution is -1.85. The van der Waals surface area contributed by atoms with E-state index in [0.717, 1.165) is 19.3 Å². The fourth-order valence-electron chi connectivity index (χ4n) is 1.91. The number of benzene rings is 1. The Bertz CT molecular complexity index is 372. The number of hydrogen-bond donors (Lipinski definition) is 0. The Balaban J connectivity index is 3.08. The SMILES string of the molecule is CCCCC(=C=C(CC)CC)c1ccccc1. The van der Waals surface area contributed by atoms with E-state index in [1.165, 1.54) is 29.6 Å². The Hall–Kier alpha value is -1.26. The zero-order chi connectivity index (χ0) is 12.5. The highest BCUT2D eigenvalue weighted by atomic mass is 14.0. The van der Waals surface area contributed by atoms with Crippen LogP contribution < -0.4 is 0 Å². The van der Waals surface area contributed by atoms with Gasteiger partial charge in [0.2, 0.25) is 0 Å². The van der Waals surface area contributed by atoms with E-state index in [0.29, 0.717) is 0 Å². The summed E-state index contributed by atoms with van der Waals surface area (Å²) >= 11 is 0. The molecule has 0 aromatic heterocycles. The summed E-state index contributed by atoms with van der Waals surface area (Å²) in [5, 5.41) is 0. The Morgan fingerprint density at radius 2 is 1.65 bits per heavy atom. The summed E-state index contributed by atoms with van der Waals surface area (Å²) in [6.45, 7) is 6.68. The summed E-state index contributed by atoms with van der Waals surface area (Å²) in [6, 6.07) is 10.7. The average molecular weight is 228 g/mol. The summed E-state index contributed by atoms with van der Waals surface area (Å²) < 4.78 is 0. The predicted octanol–water partition coefficient (Wildman–Crippen LogP) is 5.61. The monoisotopic (exact) mass is 228 g/mol. The molecule has 0 unspecified atom stereocenters. The first kappa shape index (κ1) is 13.8. The van der Waals surface area contributed by atoms with Gasteiger partial charge in [-0.1, -0.05) is 57.5 Å². The Labute approximate surface area is 106 Å². The molecule has 0 saturated heterocycles. The molecule has 0 atom stereocenters. The highest BCUT2D eigenvalue weighted by Gasteiger charge is 2.00. The van der Waals surface area contributed by atoms with Gasteiger partial charge in [-0.3, -0.25) is 0 Å². The van der Waals surface area contributed by atoms with E-state index in [-0.39, 0.29) is 0 Å². The molecule has 0 nitrogen and oxygen atoms in total. The molecule has 0 radical (unpaired) electrons. The van der Waals surface area contributed by atoms with Crippen LogP contribution in [-0.2, 0) is 0 Å². The fourth-order valence-corrected chi connectivity index (χ4v) is 1.91. The van der Waals surface area contributed by atoms with E-state index in [1.54, 1.807) is 0 Å². The van der Waals surface area contributed by atoms with Gasteiger partial charge in [0.25, 0.3) is 0 Å². The van der Waals surface area contributed by atoms with Crippen molar-refractivity contribution >= 4 is 5.57 Å². The lowest BCUT2D eigenvalue weighted by molar-refractivity contribution is 0.824. The zero-order valence-corrected chi connectivity index (χ0v) is 11.4. The second-order valence-corrected chi connectivity index (χ2v) is 4.38. The zero-order valence-electron chi connectivity index (χ0n) is 11.4. The van der Waals surface area contributed by atoms with Crippen molar-refractivity contribution in [2.75, 3.05) is 0 Å². The molecule has 1 aromatic rings. The van der Waals surface area contributed by atoms with Gasteiger partial charge in [-0.2, -0.15) is 0 Å². The van der Waals surface area contributed by atoms with Gasteiger partial charge in [0.15, 0.2) is 0 Å². The molecule has 0 spiro atoms. The molecule has 1 rings (SSSR count). The van der Waals surface area contributed by atoms with Crippen molar-refractivity contribution in [3.05, 3.63) is 47.2 Å². The summed E-state index contributed by atoms with van der Waals surface area (Å²) in [5.41, 5.74) is 7.78. The van der Waals surface area contributed by atoms with E-state index < -0.39 is 0 Å². The molecular weight excluding hydrogens is 204 g/mol. The van der Waals surface area contributed by atoms with Crippen LogP contribution in [0.1, 0.15) is 58.4 Å². The second kappa shape index (κ2) is 7.92. The smallest absolute Gasteiger partial charge is 0.00115 e. The largest absolute Gasteiger partial charge is 0.118 e. The minimum atomic E-state index is 1.11. The summed E-state index contributed by atoms with van der Waals surface area (Å²) in [6.07, 6.45) is 5.85. The van der Waals surface area contributed by atoms with Crippen LogP contribution in [0.5, 0.6) is 0 Å². The van der Waals surface area contributed by atoms with Gasteiger partial charge in [0, 0.05) is 5.57 Å². The van der Waals surface area contributed by atoms with E-state index in [1.807, 2.05) is 0 Å². The highest BCUT2D eigenvalue weighted by molar-refractivity contribution is 5.65. The van der Waals surface area contributed by atoms with Gasteiger partial charge in [-0.05, 0) is 36.8 Å². The van der Waals surface area contributed by atoms with Crippen LogP contribution in [-0.4, -0.2) is 0 Å². The van der Waals surface area contributed by atoms with Crippen LogP contribution >= 0.6 is 0 Å². The molecule has 0 N–H and O–H groups in total. The van der Waals surface area contributed by atoms with Crippen molar-refractivity contribution in [2.45, 2.75) is 52.9 Å². The maximum atomic E-state index is 3.64. The number of hydrogen-bond acceptors (Lipinski definition) is 0. The number of rotatable bonds is 6. The van der Waals surface area contributed by atoms with Crippen LogP contribution in [0.3, 0.4) is 0 Å². The van der Waals surface area contributed by atoms with Gasteiger partial charge in [0.1, 0.15) is 0 Å². The molecular formula is C17H24. The normalized spacial score (nSPS) is 9.82. The highest BCUT2D eigenvalue weighted by Crippen LogP contribution is 2.21. The third-order valence-electron chi connectivity index (χ3n) is 3.08. The van der Waals surface area contributed by atoms with Crippen LogP contribution in [0.15, 0.2) is 41.6 Å². The van der Waals surface area contributed by atoms with E-state index in [2.05, 4.69) is 56.8 Å². The molecule has 0 aliphatic carbocycles. The Morgan fingerprint density at radius 1 is 1.00 bits per heavy atom. The molecule has 0 heterocycles. The van der Waals surface area contributed by atoms with Gasteiger partial charge in [-0.25, -0.2) is 0 Å². The maximum absolute atomic E-state index is 3.64. The van der Waals surface area contributed by atoms with Gasteiger partial charge in [0.05, 0.1) is 0 Å². The number of allylic oxidation sites excluding steroid dienone is 1. The van der Waals surface area contributed by atoms with Crippen LogP contribution in [0.2, 0.25) is 0 Å². The molecule has 0 saturated carbocycles. The van der Waals surface area contributed by atoms with E-state index in [4.69, 9.17) is 0 Å². The first-order chi connectivity index (χ1) is 8.31. The van der Waals surface area contributed by atoms with Crippen molar-refractivity contribution < 1.29 is 0 Å². The van der Waals surface area contributed by atoms with Crippen molar-refractivity contribution in [3.8, 4) is 0 Å². The quantitative estimate of drug-likeness (QED) is 0.555. The van der Waals surface area contributed by atoms with E-state index in [9.17, 15) is 0 Å². The van der Waals surface area contributed by atoms with Gasteiger partial charge in [-0.15, -0.1) is 5.73 Å². The number of unbranched alkanes of at least 4 members (excludes halogenated alkanes) is 1. The van der Waals surface area contributed by atoms with Gasteiger partial charge >= 0.3 is 0 Å². The molecule has 92 valence electrons. The Morgan fingerprint density at radius 3 is 2.18 bits per heavy atom. The molecule has 0 aliphatic rings. The molecule has 17 heavy (non-hydrogen) atoms. The maximum Gasteiger partial charge on any atom is 0.00115 e. The minimum Gasteiger partial charge on any atom is -0.118 e. The summed E-state index contributed by atoms with van der Waals surface area (Å²) in [7, 11) is 0. The van der Waals surface area contributed by atoms with Crippen molar-refractivity contribution in [1.29, 1.82) is 0 Å². The lowest BCUT2D eigenvalue weighted by Gasteiger charge is -2.05. The first-order valence-corrected chi connectivity index (χ1v) is 6.84. The molecule has 0 heteroatoms. The van der Waals surface area contributed by atoms with Crippen molar-refractivity contribution in [1.82, 2.24) is 0 Å². The van der Waals surface area contributed by atoms with Crippen molar-refractivity contribution in [3.63, 3.8) is 0 Å². The molecule has 0 fully saturated rings. The predicted molar refractivity (Wildman–Crippen MR) is 77.0 cm³/mol. The molecule has 0 amide bonds. The average Bonchev–Trinajstić information content (AvgIpc) is 2.40. The van der Waals surface area contributed by atoms with Crippen molar-refractivity contribution in [2.24, 2.45) is 0 Å². The van der Waals surface area contributed by atoms with Crippen LogP contribution in [0, 0.1) is 0 Å². The third-order valence-corrected chi connectivity index (χ3v) is 3.08. The summed E-state index contributed by atoms with van der Waals surface area (Å²) in [5.74, 6) is 0. The first-order valence-electron chi connectivity index (χ1n) is 6.84. The van der Waals surface area contributed by atoms with E-state index >= 15 is 0 Å². The van der Waals surface area contributed by atoms with Crippen LogP contribution in [0.4, 0.5) is 0 Å². The minimum absolute atomic E-state index is 1.11. The molecule has 0 bridgehead atoms.